The number of carbonyl (C=O) groups excluding carboxylic acids is 2. The number of aldehydes is 1. The molecule has 0 atom stereocenters. The molecule has 0 aliphatic rings. The fourth-order valence-corrected chi connectivity index (χ4v) is 1.17. The van der Waals surface area contributed by atoms with Crippen LogP contribution in [0.3, 0.4) is 0 Å². The molecule has 4 nitrogen and oxygen atoms in total. The summed E-state index contributed by atoms with van der Waals surface area (Å²) >= 11 is 0. The molecule has 0 N–H and O–H groups in total. The predicted octanol–water partition coefficient (Wildman–Crippen LogP) is 1.84. The van der Waals surface area contributed by atoms with Gasteiger partial charge in [-0.15, -0.1) is 0 Å². The number of carbonyl (C=O) groups is 2. The van der Waals surface area contributed by atoms with E-state index in [-0.39, 0.29) is 11.7 Å². The van der Waals surface area contributed by atoms with Gasteiger partial charge >= 0.3 is 0 Å². The third kappa shape index (κ3) is 1.31. The zero-order chi connectivity index (χ0) is 10.1. The minimum Gasteiger partial charge on any atom is -0.434 e. The lowest BCUT2D eigenvalue weighted by molar-refractivity contribution is 0.0982. The Labute approximate surface area is 79.5 Å². The number of fused-ring (bicyclic) bond motifs is 1. The zero-order valence-corrected chi connectivity index (χ0v) is 7.48. The Morgan fingerprint density at radius 1 is 1.50 bits per heavy atom. The number of ketones is 1. The van der Waals surface area contributed by atoms with Gasteiger partial charge in [0.25, 0.3) is 5.89 Å². The number of aromatic nitrogens is 1. The highest BCUT2D eigenvalue weighted by Crippen LogP contribution is 2.16. The van der Waals surface area contributed by atoms with Crippen LogP contribution in [0.5, 0.6) is 0 Å². The molecule has 1 heterocycles. The Bertz CT molecular complexity index is 513. The Morgan fingerprint density at radius 3 is 2.93 bits per heavy atom. The van der Waals surface area contributed by atoms with Gasteiger partial charge < -0.3 is 4.42 Å². The van der Waals surface area contributed by atoms with Crippen molar-refractivity contribution < 1.29 is 14.0 Å². The van der Waals surface area contributed by atoms with Crippen molar-refractivity contribution in [3.63, 3.8) is 0 Å². The number of hydrogen-bond donors (Lipinski definition) is 0. The van der Waals surface area contributed by atoms with Gasteiger partial charge in [0.05, 0.1) is 0 Å². The highest BCUT2D eigenvalue weighted by atomic mass is 16.4. The smallest absolute Gasteiger partial charge is 0.263 e. The van der Waals surface area contributed by atoms with E-state index in [1.807, 2.05) is 0 Å². The lowest BCUT2D eigenvalue weighted by atomic mass is 10.2. The number of benzene rings is 1. The van der Waals surface area contributed by atoms with Gasteiger partial charge in [0.2, 0.25) is 5.78 Å². The third-order valence-corrected chi connectivity index (χ3v) is 1.85. The lowest BCUT2D eigenvalue weighted by Crippen LogP contribution is -1.89. The first-order valence-electron chi connectivity index (χ1n) is 4.07. The van der Waals surface area contributed by atoms with Crippen molar-refractivity contribution in [2.24, 2.45) is 0 Å². The number of hydrogen-bond acceptors (Lipinski definition) is 4. The van der Waals surface area contributed by atoms with E-state index in [0.717, 1.165) is 6.29 Å². The molecule has 2 rings (SSSR count). The molecule has 2 aromatic rings. The van der Waals surface area contributed by atoms with Gasteiger partial charge in [0, 0.05) is 12.5 Å². The van der Waals surface area contributed by atoms with E-state index in [4.69, 9.17) is 4.42 Å². The van der Waals surface area contributed by atoms with E-state index in [2.05, 4.69) is 4.98 Å². The van der Waals surface area contributed by atoms with Gasteiger partial charge in [0.1, 0.15) is 11.8 Å². The predicted molar refractivity (Wildman–Crippen MR) is 49.4 cm³/mol. The first-order valence-corrected chi connectivity index (χ1v) is 4.07. The van der Waals surface area contributed by atoms with Crippen LogP contribution in [0.1, 0.15) is 28.0 Å². The van der Waals surface area contributed by atoms with Gasteiger partial charge in [0.15, 0.2) is 5.58 Å². The van der Waals surface area contributed by atoms with E-state index >= 15 is 0 Å². The van der Waals surface area contributed by atoms with Crippen LogP contribution in [0.4, 0.5) is 0 Å². The highest BCUT2D eigenvalue weighted by molar-refractivity contribution is 5.93. The first-order chi connectivity index (χ1) is 6.70. The fourth-order valence-electron chi connectivity index (χ4n) is 1.17. The summed E-state index contributed by atoms with van der Waals surface area (Å²) < 4.78 is 5.15. The minimum absolute atomic E-state index is 0.0723. The highest BCUT2D eigenvalue weighted by Gasteiger charge is 2.09. The molecule has 70 valence electrons. The summed E-state index contributed by atoms with van der Waals surface area (Å²) in [7, 11) is 0. The van der Waals surface area contributed by atoms with Crippen molar-refractivity contribution in [2.75, 3.05) is 0 Å². The molecule has 0 saturated carbocycles. The molecule has 0 unspecified atom stereocenters. The topological polar surface area (TPSA) is 60.2 Å². The second kappa shape index (κ2) is 3.06. The van der Waals surface area contributed by atoms with E-state index in [1.165, 1.54) is 6.92 Å². The standard InChI is InChI=1S/C10H7NO3/c1-6(13)10-11-8-3-2-7(5-12)4-9(8)14-10/h2-5H,1H3. The quantitative estimate of drug-likeness (QED) is 0.534. The summed E-state index contributed by atoms with van der Waals surface area (Å²) in [6, 6.07) is 4.83. The zero-order valence-electron chi connectivity index (χ0n) is 7.48. The molecule has 1 aromatic carbocycles. The van der Waals surface area contributed by atoms with Crippen molar-refractivity contribution in [2.45, 2.75) is 6.92 Å². The van der Waals surface area contributed by atoms with Crippen molar-refractivity contribution >= 4 is 23.2 Å². The van der Waals surface area contributed by atoms with E-state index in [1.54, 1.807) is 18.2 Å². The van der Waals surface area contributed by atoms with Crippen LogP contribution < -0.4 is 0 Å². The maximum atomic E-state index is 10.9. The van der Waals surface area contributed by atoms with Crippen molar-refractivity contribution in [1.29, 1.82) is 0 Å². The normalized spacial score (nSPS) is 10.4. The maximum Gasteiger partial charge on any atom is 0.263 e. The number of Topliss-reactive ketones (excluding diaryl/α,β-unsaturated/α-hetero) is 1. The Hall–Kier alpha value is -1.97. The second-order valence-electron chi connectivity index (χ2n) is 2.92. The van der Waals surface area contributed by atoms with Gasteiger partial charge in [-0.3, -0.25) is 9.59 Å². The molecule has 0 fully saturated rings. The van der Waals surface area contributed by atoms with E-state index < -0.39 is 0 Å². The van der Waals surface area contributed by atoms with Gasteiger partial charge in [-0.05, 0) is 18.2 Å². The average molecular weight is 189 g/mol. The molecule has 0 aliphatic carbocycles. The first kappa shape index (κ1) is 8.62. The average Bonchev–Trinajstić information content (AvgIpc) is 2.59. The molecular formula is C10H7NO3. The summed E-state index contributed by atoms with van der Waals surface area (Å²) in [6.07, 6.45) is 0.718. The van der Waals surface area contributed by atoms with Crippen molar-refractivity contribution in [3.05, 3.63) is 29.7 Å². The van der Waals surface area contributed by atoms with Gasteiger partial charge in [-0.1, -0.05) is 0 Å². The van der Waals surface area contributed by atoms with E-state index in [9.17, 15) is 9.59 Å². The molecule has 0 bridgehead atoms. The molecule has 4 heteroatoms. The molecule has 0 amide bonds. The maximum absolute atomic E-state index is 10.9. The number of nitrogens with zero attached hydrogens (tertiary/aromatic N) is 1. The third-order valence-electron chi connectivity index (χ3n) is 1.85. The van der Waals surface area contributed by atoms with Crippen molar-refractivity contribution in [3.8, 4) is 0 Å². The summed E-state index contributed by atoms with van der Waals surface area (Å²) in [5, 5.41) is 0. The molecule has 0 aliphatic heterocycles. The van der Waals surface area contributed by atoms with Crippen LogP contribution in [0.25, 0.3) is 11.1 Å². The fraction of sp³-hybridized carbons (Fsp3) is 0.100. The lowest BCUT2D eigenvalue weighted by Gasteiger charge is -1.87. The number of oxazole rings is 1. The van der Waals surface area contributed by atoms with E-state index in [0.29, 0.717) is 16.7 Å². The largest absolute Gasteiger partial charge is 0.434 e. The van der Waals surface area contributed by atoms with Gasteiger partial charge in [-0.25, -0.2) is 4.98 Å². The summed E-state index contributed by atoms with van der Waals surface area (Å²) in [5.74, 6) is -0.156. The molecule has 0 spiro atoms. The molecule has 1 aromatic heterocycles. The monoisotopic (exact) mass is 189 g/mol. The summed E-state index contributed by atoms with van der Waals surface area (Å²) in [5.41, 5.74) is 1.55. The molecule has 0 radical (unpaired) electrons. The Morgan fingerprint density at radius 2 is 2.29 bits per heavy atom. The minimum atomic E-state index is -0.228. The second-order valence-corrected chi connectivity index (χ2v) is 2.92. The molecular weight excluding hydrogens is 182 g/mol. The molecule has 0 saturated heterocycles. The Balaban J connectivity index is 2.65. The van der Waals surface area contributed by atoms with Crippen LogP contribution >= 0.6 is 0 Å². The van der Waals surface area contributed by atoms with Crippen LogP contribution in [0.2, 0.25) is 0 Å². The van der Waals surface area contributed by atoms with Crippen LogP contribution in [0.15, 0.2) is 22.6 Å². The summed E-state index contributed by atoms with van der Waals surface area (Å²) in [6.45, 7) is 1.38. The van der Waals surface area contributed by atoms with Crippen LogP contribution in [0, 0.1) is 0 Å². The van der Waals surface area contributed by atoms with Crippen LogP contribution in [-0.4, -0.2) is 17.1 Å². The SMILES string of the molecule is CC(=O)c1nc2ccc(C=O)cc2o1. The molecule has 14 heavy (non-hydrogen) atoms. The number of rotatable bonds is 2. The van der Waals surface area contributed by atoms with Crippen molar-refractivity contribution in [1.82, 2.24) is 4.98 Å². The summed E-state index contributed by atoms with van der Waals surface area (Å²) in [4.78, 5) is 25.4. The Kier molecular flexibility index (Phi) is 1.89. The van der Waals surface area contributed by atoms with Crippen LogP contribution in [-0.2, 0) is 0 Å². The van der Waals surface area contributed by atoms with Gasteiger partial charge in [-0.2, -0.15) is 0 Å².